The molecule has 0 aliphatic carbocycles. The molecule has 32 heavy (non-hydrogen) atoms. The normalized spacial score (nSPS) is 10.3. The molecule has 1 aromatic carbocycles. The number of carbonyl (C=O) groups is 2. The number of carbonyl (C=O) groups excluding carboxylic acids is 2. The number of halogens is 1. The zero-order valence-electron chi connectivity index (χ0n) is 19.3. The van der Waals surface area contributed by atoms with Gasteiger partial charge in [0.15, 0.2) is 12.4 Å². The van der Waals surface area contributed by atoms with Crippen molar-refractivity contribution in [2.75, 3.05) is 11.9 Å². The lowest BCUT2D eigenvalue weighted by atomic mass is 10.1. The zero-order valence-corrected chi connectivity index (χ0v) is 20.1. The molecule has 0 radical (unpaired) electrons. The number of benzene rings is 1. The SMILES string of the molecule is CCCCCCCCCCCCOC(=O)C[n+]1cccc(C(=O)Nc2ccccc2)c1.Cl. The molecule has 2 rings (SSSR count). The molecule has 0 unspecified atom stereocenters. The number of aromatic nitrogens is 1. The lowest BCUT2D eigenvalue weighted by Crippen LogP contribution is -2.39. The molecule has 0 aliphatic rings. The molecule has 1 aromatic heterocycles. The van der Waals surface area contributed by atoms with Crippen LogP contribution in [0.25, 0.3) is 0 Å². The molecule has 0 fully saturated rings. The molecule has 1 heterocycles. The largest absolute Gasteiger partial charge is 0.461 e. The molecule has 0 spiro atoms. The highest BCUT2D eigenvalue weighted by molar-refractivity contribution is 6.03. The van der Waals surface area contributed by atoms with E-state index in [1.54, 1.807) is 29.1 Å². The van der Waals surface area contributed by atoms with Crippen molar-refractivity contribution in [1.82, 2.24) is 0 Å². The fourth-order valence-corrected chi connectivity index (χ4v) is 3.45. The molecule has 0 saturated heterocycles. The molecule has 0 saturated carbocycles. The summed E-state index contributed by atoms with van der Waals surface area (Å²) < 4.78 is 7.03. The third-order valence-electron chi connectivity index (χ3n) is 5.22. The van der Waals surface area contributed by atoms with Crippen molar-refractivity contribution in [3.05, 3.63) is 60.4 Å². The summed E-state index contributed by atoms with van der Waals surface area (Å²) >= 11 is 0. The number of hydrogen-bond donors (Lipinski definition) is 1. The van der Waals surface area contributed by atoms with Crippen LogP contribution in [0, 0.1) is 0 Å². The Hall–Kier alpha value is -2.40. The van der Waals surface area contributed by atoms with Crippen LogP contribution in [-0.2, 0) is 16.1 Å². The highest BCUT2D eigenvalue weighted by Crippen LogP contribution is 2.10. The second-order valence-corrected chi connectivity index (χ2v) is 7.99. The van der Waals surface area contributed by atoms with Crippen molar-refractivity contribution in [2.24, 2.45) is 0 Å². The molecule has 0 atom stereocenters. The first-order valence-electron chi connectivity index (χ1n) is 11.7. The summed E-state index contributed by atoms with van der Waals surface area (Å²) in [6.07, 6.45) is 16.0. The first-order chi connectivity index (χ1) is 15.2. The number of unbranched alkanes of at least 4 members (excludes halogenated alkanes) is 9. The quantitative estimate of drug-likeness (QED) is 0.197. The second kappa shape index (κ2) is 17.2. The van der Waals surface area contributed by atoms with Crippen molar-refractivity contribution in [3.63, 3.8) is 0 Å². The predicted molar refractivity (Wildman–Crippen MR) is 131 cm³/mol. The Morgan fingerprint density at radius 2 is 1.47 bits per heavy atom. The average Bonchev–Trinajstić information content (AvgIpc) is 2.78. The Morgan fingerprint density at radius 3 is 2.12 bits per heavy atom. The third-order valence-corrected chi connectivity index (χ3v) is 5.22. The Bertz CT molecular complexity index is 784. The van der Waals surface area contributed by atoms with E-state index in [0.29, 0.717) is 12.2 Å². The van der Waals surface area contributed by atoms with Gasteiger partial charge in [-0.2, -0.15) is 4.57 Å². The Morgan fingerprint density at radius 1 is 0.844 bits per heavy atom. The maximum absolute atomic E-state index is 12.4. The van der Waals surface area contributed by atoms with Crippen molar-refractivity contribution < 1.29 is 18.9 Å². The number of amides is 1. The standard InChI is InChI=1S/C26H36N2O3.ClH/c1-2-3-4-5-6-7-8-9-10-14-20-31-25(29)22-28-19-15-16-23(21-28)26(30)27-24-17-12-11-13-18-24;/h11-13,15-19,21H,2-10,14,20,22H2,1H3;1H/p+1. The molecule has 2 aromatic rings. The van der Waals surface area contributed by atoms with Crippen molar-refractivity contribution in [2.45, 2.75) is 77.7 Å². The maximum atomic E-state index is 12.4. The van der Waals surface area contributed by atoms with Crippen LogP contribution < -0.4 is 9.88 Å². The highest BCUT2D eigenvalue weighted by Gasteiger charge is 2.14. The fraction of sp³-hybridized carbons (Fsp3) is 0.500. The number of hydrogen-bond acceptors (Lipinski definition) is 3. The van der Waals surface area contributed by atoms with E-state index in [-0.39, 0.29) is 30.8 Å². The predicted octanol–water partition coefficient (Wildman–Crippen LogP) is 6.11. The maximum Gasteiger partial charge on any atom is 0.372 e. The minimum absolute atomic E-state index is 0. The molecule has 0 aliphatic heterocycles. The summed E-state index contributed by atoms with van der Waals surface area (Å²) in [4.78, 5) is 24.5. The summed E-state index contributed by atoms with van der Waals surface area (Å²) in [5, 5.41) is 2.85. The number of pyridine rings is 1. The topological polar surface area (TPSA) is 59.3 Å². The molecule has 6 heteroatoms. The van der Waals surface area contributed by atoms with Gasteiger partial charge < -0.3 is 10.1 Å². The van der Waals surface area contributed by atoms with E-state index in [2.05, 4.69) is 12.2 Å². The van der Waals surface area contributed by atoms with Gasteiger partial charge in [0, 0.05) is 11.8 Å². The van der Waals surface area contributed by atoms with Crippen molar-refractivity contribution in [1.29, 1.82) is 0 Å². The van der Waals surface area contributed by atoms with Gasteiger partial charge in [0.05, 0.1) is 6.61 Å². The number of para-hydroxylation sites is 1. The van der Waals surface area contributed by atoms with Crippen LogP contribution in [0.5, 0.6) is 0 Å². The minimum Gasteiger partial charge on any atom is -0.461 e. The second-order valence-electron chi connectivity index (χ2n) is 7.99. The Balaban J connectivity index is 0.00000512. The van der Waals surface area contributed by atoms with Crippen LogP contribution in [0.3, 0.4) is 0 Å². The van der Waals surface area contributed by atoms with Gasteiger partial charge >= 0.3 is 5.97 Å². The van der Waals surface area contributed by atoms with E-state index < -0.39 is 0 Å². The first kappa shape index (κ1) is 27.6. The van der Waals surface area contributed by atoms with E-state index in [4.69, 9.17) is 4.74 Å². The average molecular weight is 462 g/mol. The van der Waals surface area contributed by atoms with Crippen LogP contribution >= 0.6 is 12.4 Å². The van der Waals surface area contributed by atoms with E-state index in [1.165, 1.54) is 51.4 Å². The van der Waals surface area contributed by atoms with E-state index in [9.17, 15) is 9.59 Å². The van der Waals surface area contributed by atoms with E-state index >= 15 is 0 Å². The lowest BCUT2D eigenvalue weighted by Gasteiger charge is -2.05. The van der Waals surface area contributed by atoms with Crippen LogP contribution in [0.15, 0.2) is 54.9 Å². The summed E-state index contributed by atoms with van der Waals surface area (Å²) in [6.45, 7) is 2.81. The van der Waals surface area contributed by atoms with Crippen LogP contribution in [0.4, 0.5) is 5.69 Å². The van der Waals surface area contributed by atoms with Gasteiger partial charge in [-0.15, -0.1) is 12.4 Å². The highest BCUT2D eigenvalue weighted by atomic mass is 35.5. The zero-order chi connectivity index (χ0) is 22.2. The Kier molecular flexibility index (Phi) is 14.8. The number of rotatable bonds is 15. The molecule has 0 bridgehead atoms. The molecule has 176 valence electrons. The smallest absolute Gasteiger partial charge is 0.372 e. The summed E-state index contributed by atoms with van der Waals surface area (Å²) in [5.41, 5.74) is 1.23. The van der Waals surface area contributed by atoms with Gasteiger partial charge in [0.25, 0.3) is 5.91 Å². The molecular formula is C26H38ClN2O3+. The minimum atomic E-state index is -0.276. The summed E-state index contributed by atoms with van der Waals surface area (Å²) in [7, 11) is 0. The third kappa shape index (κ3) is 11.8. The molecule has 1 amide bonds. The number of anilines is 1. The molecule has 1 N–H and O–H groups in total. The van der Waals surface area contributed by atoms with Crippen LogP contribution in [-0.4, -0.2) is 18.5 Å². The number of nitrogens with one attached hydrogen (secondary N) is 1. The van der Waals surface area contributed by atoms with Gasteiger partial charge in [0.2, 0.25) is 6.54 Å². The van der Waals surface area contributed by atoms with E-state index in [1.807, 2.05) is 30.3 Å². The van der Waals surface area contributed by atoms with Crippen LogP contribution in [0.2, 0.25) is 0 Å². The van der Waals surface area contributed by atoms with Gasteiger partial charge in [-0.05, 0) is 24.6 Å². The van der Waals surface area contributed by atoms with Gasteiger partial charge in [0.1, 0.15) is 5.56 Å². The number of esters is 1. The summed E-state index contributed by atoms with van der Waals surface area (Å²) in [5.74, 6) is -0.485. The van der Waals surface area contributed by atoms with Gasteiger partial charge in [-0.25, -0.2) is 4.79 Å². The molecular weight excluding hydrogens is 424 g/mol. The van der Waals surface area contributed by atoms with Crippen LogP contribution in [0.1, 0.15) is 81.5 Å². The number of ether oxygens (including phenoxy) is 1. The lowest BCUT2D eigenvalue weighted by molar-refractivity contribution is -0.686. The van der Waals surface area contributed by atoms with Crippen molar-refractivity contribution in [3.8, 4) is 0 Å². The monoisotopic (exact) mass is 461 g/mol. The van der Waals surface area contributed by atoms with Gasteiger partial charge in [-0.1, -0.05) is 82.9 Å². The first-order valence-corrected chi connectivity index (χ1v) is 11.7. The fourth-order valence-electron chi connectivity index (χ4n) is 3.45. The van der Waals surface area contributed by atoms with Crippen molar-refractivity contribution >= 4 is 30.0 Å². The van der Waals surface area contributed by atoms with E-state index in [0.717, 1.165) is 18.5 Å². The Labute approximate surface area is 199 Å². The number of nitrogens with zero attached hydrogens (tertiary/aromatic N) is 1. The molecule has 5 nitrogen and oxygen atoms in total. The summed E-state index contributed by atoms with van der Waals surface area (Å²) in [6, 6.07) is 12.8. The van der Waals surface area contributed by atoms with Gasteiger partial charge in [-0.3, -0.25) is 4.79 Å².